The number of aliphatic hydroxyl groups is 3. The zero-order chi connectivity index (χ0) is 78.1. The average Bonchev–Trinajstić information content (AvgIpc) is 1.62. The van der Waals surface area contributed by atoms with Gasteiger partial charge in [-0.15, -0.1) is 12.4 Å². The number of carbonyl (C=O) groups is 3. The second kappa shape index (κ2) is 53.9. The summed E-state index contributed by atoms with van der Waals surface area (Å²) in [7, 11) is 0. The van der Waals surface area contributed by atoms with E-state index in [1.165, 1.54) is 29.8 Å². The maximum Gasteiger partial charge on any atom is 1.00 e. The van der Waals surface area contributed by atoms with Crippen LogP contribution in [0.3, 0.4) is 0 Å². The number of ether oxygens (including phenoxy) is 6. The van der Waals surface area contributed by atoms with Crippen molar-refractivity contribution in [3.8, 4) is 34.5 Å². The number of para-hydroxylation sites is 5. The van der Waals surface area contributed by atoms with Gasteiger partial charge in [-0.1, -0.05) is 158 Å². The molecule has 14 rings (SSSR count). The van der Waals surface area contributed by atoms with Crippen LogP contribution in [0.2, 0.25) is 15.1 Å². The van der Waals surface area contributed by atoms with Crippen LogP contribution in [0.1, 0.15) is 50.2 Å². The SMILES string of the molecule is BrCCOc1ccccc1.Cl.Clc1ccc2c(c1)CC1(CCN(CCOc3ccccc3)C1)O2.Fc1ccc(Cl)cc1CBr.O=C(Cl)C(=O)Cl.O=C1CCN(CCOc2ccccc2)C1.OC1(Cc2cc(Cl)ccc2F)CCN(CCOc2ccccc2)C1.OC1CCN(CCOc2ccccc2)C1.OC1CCNC1.[H-].[Na+]. The van der Waals surface area contributed by atoms with Crippen molar-refractivity contribution in [2.75, 3.05) is 130 Å². The van der Waals surface area contributed by atoms with Crippen LogP contribution in [-0.4, -0.2) is 205 Å². The molecule has 17 nitrogen and oxygen atoms in total. The number of β-amino-alcohol motifs (C(OH)–C–C–N with tert-alkyl or cyclic N) is 3. The summed E-state index contributed by atoms with van der Waals surface area (Å²) in [4.78, 5) is 38.8. The van der Waals surface area contributed by atoms with Gasteiger partial charge in [0.1, 0.15) is 83.9 Å². The van der Waals surface area contributed by atoms with E-state index in [1.54, 1.807) is 12.1 Å². The number of ketones is 1. The predicted octanol–water partition coefficient (Wildman–Crippen LogP) is 13.0. The Balaban J connectivity index is 0.000000280. The van der Waals surface area contributed by atoms with E-state index in [0.29, 0.717) is 84.6 Å². The Labute approximate surface area is 722 Å². The number of fused-ring (bicyclic) bond motifs is 1. The van der Waals surface area contributed by atoms with Gasteiger partial charge in [-0.2, -0.15) is 0 Å². The molecular formula is C83H98Br2Cl6F2N5NaO12. The molecule has 0 radical (unpaired) electrons. The van der Waals surface area contributed by atoms with Crippen LogP contribution in [0.15, 0.2) is 206 Å². The maximum absolute atomic E-state index is 13.9. The Morgan fingerprint density at radius 1 is 0.541 bits per heavy atom. The number of nitrogens with zero attached hydrogens (tertiary/aromatic N) is 4. The van der Waals surface area contributed by atoms with Gasteiger partial charge in [-0.25, -0.2) is 8.78 Å². The van der Waals surface area contributed by atoms with Crippen molar-refractivity contribution >= 4 is 119 Å². The summed E-state index contributed by atoms with van der Waals surface area (Å²) in [5.74, 6) is 5.31. The average molecular weight is 1790 g/mol. The molecule has 0 amide bonds. The van der Waals surface area contributed by atoms with E-state index in [1.807, 2.05) is 170 Å². The predicted molar refractivity (Wildman–Crippen MR) is 445 cm³/mol. The van der Waals surface area contributed by atoms with Crippen molar-refractivity contribution in [2.45, 2.75) is 73.7 Å². The number of rotatable bonds is 23. The zero-order valence-corrected chi connectivity index (χ0v) is 72.0. The van der Waals surface area contributed by atoms with Crippen LogP contribution in [0.5, 0.6) is 34.5 Å². The summed E-state index contributed by atoms with van der Waals surface area (Å²) in [5, 5.41) is 32.7. The molecule has 6 heterocycles. The van der Waals surface area contributed by atoms with Crippen LogP contribution in [-0.2, 0) is 32.6 Å². The van der Waals surface area contributed by atoms with Gasteiger partial charge in [0.25, 0.3) is 0 Å². The molecule has 8 aromatic rings. The standard InChI is InChI=1S/C19H21ClFNO2.C19H20ClNO2.C12H17NO2.C12H15NO2.C8H9BrO.C7H5BrClF.C4H9NO.C2Cl2O2.ClH.Na.H/c20-16-6-7-18(21)15(12-16)13-19(23)8-9-22(14-19)10-11-24-17-4-2-1-3-5-17;20-16-6-7-18-15(12-16)13-19(23-18)8-9-21(14-19)10-11-22-17-4-2-1-3-5-17;2*14-11-6-7-13(10-11)8-9-15-12-4-2-1-3-5-12;9-6-7-10-8-4-2-1-3-5-8;8-4-5-3-6(9)1-2-7(5)10;6-4-1-2-5-3-4;3-1(5)2(4)6;;;/h1-7,12,23H,8-11,13-14H2;1-7,12H,8-11,13-14H2;1-5,11,14H,6-10H2;1-5H,6-10H2;1-5H,6-7H2;1-3H,4H2;4-6H,1-3H2;;1H;;/q;;;;;;;;;+1;-1. The summed E-state index contributed by atoms with van der Waals surface area (Å²) >= 11 is 33.0. The van der Waals surface area contributed by atoms with Gasteiger partial charge in [0, 0.05) is 130 Å². The van der Waals surface area contributed by atoms with E-state index >= 15 is 0 Å². The van der Waals surface area contributed by atoms with Crippen molar-refractivity contribution in [2.24, 2.45) is 0 Å². The summed E-state index contributed by atoms with van der Waals surface area (Å²) in [6, 6.07) is 63.9. The van der Waals surface area contributed by atoms with Crippen molar-refractivity contribution in [3.05, 3.63) is 250 Å². The third-order valence-corrected chi connectivity index (χ3v) is 19.7. The van der Waals surface area contributed by atoms with Crippen molar-refractivity contribution in [3.63, 3.8) is 0 Å². The first-order valence-corrected chi connectivity index (χ1v) is 40.3. The molecule has 4 N–H and O–H groups in total. The second-order valence-corrected chi connectivity index (χ2v) is 29.6. The van der Waals surface area contributed by atoms with E-state index in [0.717, 1.165) is 156 Å². The number of hydrogen-bond acceptors (Lipinski definition) is 17. The van der Waals surface area contributed by atoms with E-state index in [9.17, 15) is 33.4 Å². The molecule has 4 atom stereocenters. The van der Waals surface area contributed by atoms with Gasteiger partial charge in [-0.3, -0.25) is 34.0 Å². The summed E-state index contributed by atoms with van der Waals surface area (Å²) in [6.07, 6.45) is 5.23. The van der Waals surface area contributed by atoms with Crippen molar-refractivity contribution in [1.29, 1.82) is 0 Å². The quantitative estimate of drug-likeness (QED) is 0.0204. The minimum absolute atomic E-state index is 0. The Bertz CT molecular complexity index is 3930. The summed E-state index contributed by atoms with van der Waals surface area (Å²) in [6.45, 7) is 15.1. The molecule has 0 aliphatic carbocycles. The molecule has 0 bridgehead atoms. The normalized spacial score (nSPS) is 18.6. The Hall–Kier alpha value is -5.19. The number of hydrogen-bond donors (Lipinski definition) is 4. The maximum atomic E-state index is 13.9. The molecule has 6 aliphatic rings. The van der Waals surface area contributed by atoms with Gasteiger partial charge < -0.3 is 50.5 Å². The van der Waals surface area contributed by atoms with E-state index in [4.69, 9.17) is 68.3 Å². The molecule has 5 saturated heterocycles. The number of halogens is 10. The zero-order valence-electron chi connectivity index (χ0n) is 63.2. The number of likely N-dealkylation sites (tertiary alicyclic amines) is 4. The van der Waals surface area contributed by atoms with Gasteiger partial charge in [0.2, 0.25) is 0 Å². The van der Waals surface area contributed by atoms with Gasteiger partial charge >= 0.3 is 40.0 Å². The number of aliphatic hydroxyl groups excluding tert-OH is 2. The van der Waals surface area contributed by atoms with Crippen LogP contribution in [0, 0.1) is 11.6 Å². The van der Waals surface area contributed by atoms with Crippen LogP contribution in [0.25, 0.3) is 0 Å². The Morgan fingerprint density at radius 3 is 1.38 bits per heavy atom. The number of Topliss-reactive ketones (excluding diaryl/α,β-unsaturated/α-hetero) is 1. The number of carbonyl (C=O) groups excluding carboxylic acids is 3. The minimum atomic E-state index is -1.14. The first-order valence-electron chi connectivity index (χ1n) is 36.1. The number of benzene rings is 8. The van der Waals surface area contributed by atoms with Gasteiger partial charge in [-0.05, 0) is 181 Å². The van der Waals surface area contributed by atoms with Crippen LogP contribution < -0.4 is 63.3 Å². The molecule has 111 heavy (non-hydrogen) atoms. The third kappa shape index (κ3) is 38.4. The molecule has 5 fully saturated rings. The van der Waals surface area contributed by atoms with Crippen LogP contribution >= 0.6 is 102 Å². The number of alkyl halides is 2. The molecule has 6 aliphatic heterocycles. The minimum Gasteiger partial charge on any atom is -1.00 e. The van der Waals surface area contributed by atoms with E-state index < -0.39 is 16.1 Å². The van der Waals surface area contributed by atoms with Crippen molar-refractivity contribution in [1.82, 2.24) is 24.9 Å². The molecule has 1 spiro atoms. The fourth-order valence-corrected chi connectivity index (χ4v) is 13.3. The second-order valence-electron chi connectivity index (χ2n) is 26.3. The van der Waals surface area contributed by atoms with E-state index in [-0.39, 0.29) is 79.3 Å². The topological polar surface area (TPSA) is 192 Å². The van der Waals surface area contributed by atoms with Gasteiger partial charge in [0.15, 0.2) is 0 Å². The first-order chi connectivity index (χ1) is 52.7. The monoisotopic (exact) mass is 1790 g/mol. The molecule has 28 heteroatoms. The number of nitrogens with one attached hydrogen (secondary N) is 1. The largest absolute Gasteiger partial charge is 1.00 e. The Kier molecular flexibility index (Phi) is 46.8. The summed E-state index contributed by atoms with van der Waals surface area (Å²) < 4.78 is 60.7. The molecule has 598 valence electrons. The smallest absolute Gasteiger partial charge is 1.00 e. The van der Waals surface area contributed by atoms with E-state index in [2.05, 4.69) is 80.0 Å². The molecule has 0 saturated carbocycles. The Morgan fingerprint density at radius 2 is 0.973 bits per heavy atom. The fourth-order valence-electron chi connectivity index (χ4n) is 12.1. The van der Waals surface area contributed by atoms with Crippen LogP contribution in [0.4, 0.5) is 8.78 Å². The first kappa shape index (κ1) is 96.4. The summed E-state index contributed by atoms with van der Waals surface area (Å²) in [5.41, 5.74) is 1.30. The van der Waals surface area contributed by atoms with Gasteiger partial charge in [0.05, 0.1) is 31.0 Å². The third-order valence-electron chi connectivity index (χ3n) is 17.7. The van der Waals surface area contributed by atoms with Crippen molar-refractivity contribution < 1.29 is 97.9 Å². The molecule has 8 aromatic carbocycles. The molecule has 0 aromatic heterocycles. The fraction of sp³-hybridized carbons (Fsp3) is 0.386. The molecule has 4 unspecified atom stereocenters. The molecular weight excluding hydrogens is 1690 g/mol.